The number of anilines is 1. The van der Waals surface area contributed by atoms with Crippen molar-refractivity contribution in [2.24, 2.45) is 0 Å². The summed E-state index contributed by atoms with van der Waals surface area (Å²) in [4.78, 5) is 2.60. The molecule has 0 saturated heterocycles. The van der Waals surface area contributed by atoms with Crippen LogP contribution < -0.4 is 10.2 Å². The fourth-order valence-electron chi connectivity index (χ4n) is 3.89. The van der Waals surface area contributed by atoms with Crippen molar-refractivity contribution in [3.8, 4) is 0 Å². The minimum absolute atomic E-state index is 0.773. The van der Waals surface area contributed by atoms with Gasteiger partial charge in [0.1, 0.15) is 0 Å². The molecule has 0 radical (unpaired) electrons. The zero-order chi connectivity index (χ0) is 14.3. The number of nitrogens with one attached hydrogen (secondary N) is 1. The van der Waals surface area contributed by atoms with Gasteiger partial charge >= 0.3 is 0 Å². The van der Waals surface area contributed by atoms with Crippen LogP contribution >= 0.6 is 0 Å². The quantitative estimate of drug-likeness (QED) is 0.837. The zero-order valence-corrected chi connectivity index (χ0v) is 13.3. The van der Waals surface area contributed by atoms with Crippen molar-refractivity contribution in [2.75, 3.05) is 24.5 Å². The van der Waals surface area contributed by atoms with Crippen LogP contribution in [0.2, 0.25) is 0 Å². The largest absolute Gasteiger partial charge is 0.370 e. The Morgan fingerprint density at radius 2 is 1.76 bits per heavy atom. The Labute approximate surface area is 129 Å². The second kappa shape index (κ2) is 7.84. The molecule has 21 heavy (non-hydrogen) atoms. The minimum Gasteiger partial charge on any atom is -0.370 e. The van der Waals surface area contributed by atoms with Crippen LogP contribution in [-0.4, -0.2) is 25.7 Å². The SMILES string of the molecule is c1ccc2c(c1)CCCCN2CCNC1CCCCCC1. The van der Waals surface area contributed by atoms with Gasteiger partial charge in [-0.25, -0.2) is 0 Å². The molecular formula is C19H30N2. The summed E-state index contributed by atoms with van der Waals surface area (Å²) in [6.45, 7) is 3.52. The van der Waals surface area contributed by atoms with Gasteiger partial charge in [-0.05, 0) is 43.7 Å². The first-order chi connectivity index (χ1) is 10.4. The van der Waals surface area contributed by atoms with Crippen molar-refractivity contribution < 1.29 is 0 Å². The highest BCUT2D eigenvalue weighted by Crippen LogP contribution is 2.25. The molecule has 1 aromatic rings. The third-order valence-corrected chi connectivity index (χ3v) is 5.13. The summed E-state index contributed by atoms with van der Waals surface area (Å²) in [6, 6.07) is 9.77. The van der Waals surface area contributed by atoms with Gasteiger partial charge in [0.05, 0.1) is 0 Å². The first-order valence-electron chi connectivity index (χ1n) is 9.00. The Hall–Kier alpha value is -1.02. The van der Waals surface area contributed by atoms with Crippen LogP contribution in [0.15, 0.2) is 24.3 Å². The first kappa shape index (κ1) is 14.9. The number of aryl methyl sites for hydroxylation is 1. The molecule has 116 valence electrons. The number of fused-ring (bicyclic) bond motifs is 1. The second-order valence-corrected chi connectivity index (χ2v) is 6.72. The maximum atomic E-state index is 3.82. The molecule has 1 saturated carbocycles. The molecule has 1 aliphatic heterocycles. The molecule has 2 nitrogen and oxygen atoms in total. The van der Waals surface area contributed by atoms with Gasteiger partial charge < -0.3 is 10.2 Å². The summed E-state index contributed by atoms with van der Waals surface area (Å²) in [5.74, 6) is 0. The summed E-state index contributed by atoms with van der Waals surface area (Å²) in [6.07, 6.45) is 12.4. The van der Waals surface area contributed by atoms with E-state index in [0.29, 0.717) is 0 Å². The lowest BCUT2D eigenvalue weighted by Crippen LogP contribution is -2.37. The van der Waals surface area contributed by atoms with E-state index in [2.05, 4.69) is 34.5 Å². The van der Waals surface area contributed by atoms with Crippen molar-refractivity contribution >= 4 is 5.69 Å². The molecule has 2 heteroatoms. The van der Waals surface area contributed by atoms with E-state index in [-0.39, 0.29) is 0 Å². The predicted molar refractivity (Wildman–Crippen MR) is 91.1 cm³/mol. The summed E-state index contributed by atoms with van der Waals surface area (Å²) in [5, 5.41) is 3.82. The summed E-state index contributed by atoms with van der Waals surface area (Å²) < 4.78 is 0. The second-order valence-electron chi connectivity index (χ2n) is 6.72. The molecule has 1 N–H and O–H groups in total. The number of para-hydroxylation sites is 1. The van der Waals surface area contributed by atoms with Gasteiger partial charge in [-0.2, -0.15) is 0 Å². The average molecular weight is 286 g/mol. The maximum Gasteiger partial charge on any atom is 0.0399 e. The van der Waals surface area contributed by atoms with Gasteiger partial charge in [-0.3, -0.25) is 0 Å². The van der Waals surface area contributed by atoms with Crippen molar-refractivity contribution in [1.82, 2.24) is 5.32 Å². The summed E-state index contributed by atoms with van der Waals surface area (Å²) in [5.41, 5.74) is 3.03. The number of hydrogen-bond acceptors (Lipinski definition) is 2. The van der Waals surface area contributed by atoms with E-state index < -0.39 is 0 Å². The molecule has 0 atom stereocenters. The predicted octanol–water partition coefficient (Wildman–Crippen LogP) is 4.14. The van der Waals surface area contributed by atoms with Gasteiger partial charge in [0.2, 0.25) is 0 Å². The first-order valence-corrected chi connectivity index (χ1v) is 9.00. The van der Waals surface area contributed by atoms with E-state index in [9.17, 15) is 0 Å². The van der Waals surface area contributed by atoms with Gasteiger partial charge in [0.15, 0.2) is 0 Å². The number of benzene rings is 1. The van der Waals surface area contributed by atoms with Crippen molar-refractivity contribution in [2.45, 2.75) is 63.8 Å². The van der Waals surface area contributed by atoms with E-state index in [4.69, 9.17) is 0 Å². The number of rotatable bonds is 4. The smallest absolute Gasteiger partial charge is 0.0399 e. The van der Waals surface area contributed by atoms with Crippen LogP contribution in [0.25, 0.3) is 0 Å². The summed E-state index contributed by atoms with van der Waals surface area (Å²) >= 11 is 0. The van der Waals surface area contributed by atoms with E-state index >= 15 is 0 Å². The average Bonchev–Trinajstić information content (AvgIpc) is 2.89. The Balaban J connectivity index is 1.52. The lowest BCUT2D eigenvalue weighted by molar-refractivity contribution is 0.462. The zero-order valence-electron chi connectivity index (χ0n) is 13.3. The lowest BCUT2D eigenvalue weighted by atomic mass is 10.1. The monoisotopic (exact) mass is 286 g/mol. The molecule has 0 aromatic heterocycles. The van der Waals surface area contributed by atoms with Crippen LogP contribution in [-0.2, 0) is 6.42 Å². The molecule has 1 heterocycles. The highest BCUT2D eigenvalue weighted by Gasteiger charge is 2.15. The highest BCUT2D eigenvalue weighted by molar-refractivity contribution is 5.54. The molecule has 2 aliphatic rings. The van der Waals surface area contributed by atoms with Crippen LogP contribution in [0, 0.1) is 0 Å². The molecule has 0 spiro atoms. The third kappa shape index (κ3) is 4.23. The third-order valence-electron chi connectivity index (χ3n) is 5.13. The lowest BCUT2D eigenvalue weighted by Gasteiger charge is -2.26. The Bertz CT molecular complexity index is 421. The number of hydrogen-bond donors (Lipinski definition) is 1. The van der Waals surface area contributed by atoms with E-state index in [1.54, 1.807) is 5.56 Å². The van der Waals surface area contributed by atoms with Crippen LogP contribution in [0.4, 0.5) is 5.69 Å². The van der Waals surface area contributed by atoms with Crippen LogP contribution in [0.3, 0.4) is 0 Å². The molecule has 0 amide bonds. The Kier molecular flexibility index (Phi) is 5.56. The van der Waals surface area contributed by atoms with Gasteiger partial charge in [-0.15, -0.1) is 0 Å². The number of nitrogens with zero attached hydrogens (tertiary/aromatic N) is 1. The normalized spacial score (nSPS) is 20.7. The van der Waals surface area contributed by atoms with E-state index in [1.807, 2.05) is 0 Å². The molecular weight excluding hydrogens is 256 g/mol. The molecule has 1 aliphatic carbocycles. The minimum atomic E-state index is 0.773. The molecule has 3 rings (SSSR count). The Morgan fingerprint density at radius 1 is 0.952 bits per heavy atom. The maximum absolute atomic E-state index is 3.82. The van der Waals surface area contributed by atoms with Crippen molar-refractivity contribution in [1.29, 1.82) is 0 Å². The van der Waals surface area contributed by atoms with Gasteiger partial charge in [0, 0.05) is 31.4 Å². The fourth-order valence-corrected chi connectivity index (χ4v) is 3.89. The molecule has 1 fully saturated rings. The summed E-state index contributed by atoms with van der Waals surface area (Å²) in [7, 11) is 0. The fraction of sp³-hybridized carbons (Fsp3) is 0.684. The molecule has 0 unspecified atom stereocenters. The van der Waals surface area contributed by atoms with E-state index in [1.165, 1.54) is 70.0 Å². The van der Waals surface area contributed by atoms with Gasteiger partial charge in [0.25, 0.3) is 0 Å². The topological polar surface area (TPSA) is 15.3 Å². The Morgan fingerprint density at radius 3 is 2.62 bits per heavy atom. The molecule has 0 bridgehead atoms. The standard InChI is InChI=1S/C19H30N2/c1-2-4-12-18(11-3-1)20-14-16-21-15-8-7-10-17-9-5-6-13-19(17)21/h5-6,9,13,18,20H,1-4,7-8,10-12,14-16H2. The van der Waals surface area contributed by atoms with Crippen molar-refractivity contribution in [3.05, 3.63) is 29.8 Å². The van der Waals surface area contributed by atoms with Crippen molar-refractivity contribution in [3.63, 3.8) is 0 Å². The van der Waals surface area contributed by atoms with Crippen LogP contribution in [0.5, 0.6) is 0 Å². The van der Waals surface area contributed by atoms with Crippen LogP contribution in [0.1, 0.15) is 56.9 Å². The van der Waals surface area contributed by atoms with E-state index in [0.717, 1.165) is 19.1 Å². The molecule has 1 aromatic carbocycles. The van der Waals surface area contributed by atoms with Gasteiger partial charge in [-0.1, -0.05) is 43.9 Å². The highest BCUT2D eigenvalue weighted by atomic mass is 15.1.